The number of hydrogen-bond acceptors (Lipinski definition) is 1. The summed E-state index contributed by atoms with van der Waals surface area (Å²) < 4.78 is 0. The van der Waals surface area contributed by atoms with Gasteiger partial charge in [-0.2, -0.15) is 0 Å². The third-order valence-corrected chi connectivity index (χ3v) is 1.81. The van der Waals surface area contributed by atoms with Crippen molar-refractivity contribution in [3.63, 3.8) is 0 Å². The zero-order chi connectivity index (χ0) is 7.82. The lowest BCUT2D eigenvalue weighted by Crippen LogP contribution is -2.13. The molecule has 0 heterocycles. The SMILES string of the molecule is C=CCCC(CN)CCC. The van der Waals surface area contributed by atoms with Gasteiger partial charge in [0.05, 0.1) is 0 Å². The van der Waals surface area contributed by atoms with Crippen molar-refractivity contribution in [3.05, 3.63) is 12.7 Å². The summed E-state index contributed by atoms with van der Waals surface area (Å²) in [4.78, 5) is 0. The van der Waals surface area contributed by atoms with Crippen LogP contribution in [-0.2, 0) is 0 Å². The van der Waals surface area contributed by atoms with Crippen molar-refractivity contribution in [2.75, 3.05) is 6.54 Å². The lowest BCUT2D eigenvalue weighted by Gasteiger charge is -2.10. The molecule has 0 aromatic heterocycles. The third-order valence-electron chi connectivity index (χ3n) is 1.81. The van der Waals surface area contributed by atoms with Crippen molar-refractivity contribution in [2.45, 2.75) is 32.6 Å². The Kier molecular flexibility index (Phi) is 6.61. The highest BCUT2D eigenvalue weighted by Crippen LogP contribution is 2.11. The van der Waals surface area contributed by atoms with E-state index in [2.05, 4.69) is 13.5 Å². The Labute approximate surface area is 64.3 Å². The molecule has 10 heavy (non-hydrogen) atoms. The molecule has 1 unspecified atom stereocenters. The molecule has 0 saturated heterocycles. The fourth-order valence-electron chi connectivity index (χ4n) is 1.14. The summed E-state index contributed by atoms with van der Waals surface area (Å²) in [5, 5.41) is 0. The van der Waals surface area contributed by atoms with Crippen molar-refractivity contribution in [1.29, 1.82) is 0 Å². The Hall–Kier alpha value is -0.300. The van der Waals surface area contributed by atoms with E-state index < -0.39 is 0 Å². The van der Waals surface area contributed by atoms with Crippen molar-refractivity contribution in [1.82, 2.24) is 0 Å². The van der Waals surface area contributed by atoms with Gasteiger partial charge in [0.25, 0.3) is 0 Å². The van der Waals surface area contributed by atoms with Crippen LogP contribution in [0.1, 0.15) is 32.6 Å². The summed E-state index contributed by atoms with van der Waals surface area (Å²) in [5.74, 6) is 0.725. The van der Waals surface area contributed by atoms with Gasteiger partial charge in [-0.15, -0.1) is 6.58 Å². The van der Waals surface area contributed by atoms with E-state index in [1.807, 2.05) is 6.08 Å². The standard InChI is InChI=1S/C9H19N/c1-3-5-7-9(8-10)6-4-2/h3,9H,1,4-8,10H2,2H3. The summed E-state index contributed by atoms with van der Waals surface area (Å²) in [6.07, 6.45) is 6.82. The second kappa shape index (κ2) is 6.81. The van der Waals surface area contributed by atoms with E-state index in [4.69, 9.17) is 5.73 Å². The predicted octanol–water partition coefficient (Wildman–Crippen LogP) is 2.33. The van der Waals surface area contributed by atoms with Crippen LogP contribution in [0.3, 0.4) is 0 Å². The van der Waals surface area contributed by atoms with Gasteiger partial charge >= 0.3 is 0 Å². The molecular formula is C9H19N. The van der Waals surface area contributed by atoms with E-state index in [1.54, 1.807) is 0 Å². The fraction of sp³-hybridized carbons (Fsp3) is 0.778. The molecule has 0 aliphatic carbocycles. The molecule has 0 radical (unpaired) electrons. The van der Waals surface area contributed by atoms with E-state index in [-0.39, 0.29) is 0 Å². The molecule has 2 N–H and O–H groups in total. The van der Waals surface area contributed by atoms with E-state index in [1.165, 1.54) is 19.3 Å². The molecule has 0 aliphatic rings. The van der Waals surface area contributed by atoms with Crippen LogP contribution in [0, 0.1) is 5.92 Å². The van der Waals surface area contributed by atoms with Crippen molar-refractivity contribution in [2.24, 2.45) is 11.7 Å². The van der Waals surface area contributed by atoms with Gasteiger partial charge in [0, 0.05) is 0 Å². The number of allylic oxidation sites excluding steroid dienone is 1. The van der Waals surface area contributed by atoms with Gasteiger partial charge in [0.15, 0.2) is 0 Å². The Morgan fingerprint density at radius 1 is 1.50 bits per heavy atom. The first-order chi connectivity index (χ1) is 4.85. The van der Waals surface area contributed by atoms with E-state index >= 15 is 0 Å². The van der Waals surface area contributed by atoms with Crippen LogP contribution in [0.15, 0.2) is 12.7 Å². The van der Waals surface area contributed by atoms with Crippen molar-refractivity contribution in [3.8, 4) is 0 Å². The molecule has 1 atom stereocenters. The van der Waals surface area contributed by atoms with Crippen LogP contribution in [-0.4, -0.2) is 6.54 Å². The molecular weight excluding hydrogens is 122 g/mol. The molecule has 0 spiro atoms. The van der Waals surface area contributed by atoms with Gasteiger partial charge in [-0.3, -0.25) is 0 Å². The second-order valence-electron chi connectivity index (χ2n) is 2.76. The molecule has 0 saturated carbocycles. The summed E-state index contributed by atoms with van der Waals surface area (Å²) >= 11 is 0. The fourth-order valence-corrected chi connectivity index (χ4v) is 1.14. The molecule has 0 aliphatic heterocycles. The third kappa shape index (κ3) is 4.57. The van der Waals surface area contributed by atoms with E-state index in [9.17, 15) is 0 Å². The Balaban J connectivity index is 3.29. The van der Waals surface area contributed by atoms with Gasteiger partial charge in [-0.25, -0.2) is 0 Å². The summed E-state index contributed by atoms with van der Waals surface area (Å²) in [7, 11) is 0. The second-order valence-corrected chi connectivity index (χ2v) is 2.76. The molecule has 0 fully saturated rings. The van der Waals surface area contributed by atoms with Gasteiger partial charge in [-0.05, 0) is 31.7 Å². The molecule has 0 amide bonds. The lowest BCUT2D eigenvalue weighted by molar-refractivity contribution is 0.459. The minimum atomic E-state index is 0.725. The average molecular weight is 141 g/mol. The maximum atomic E-state index is 5.57. The highest BCUT2D eigenvalue weighted by molar-refractivity contribution is 4.69. The van der Waals surface area contributed by atoms with Crippen molar-refractivity contribution < 1.29 is 0 Å². The van der Waals surface area contributed by atoms with Crippen LogP contribution in [0.25, 0.3) is 0 Å². The molecule has 60 valence electrons. The summed E-state index contributed by atoms with van der Waals surface area (Å²) in [5.41, 5.74) is 5.57. The Morgan fingerprint density at radius 2 is 2.20 bits per heavy atom. The van der Waals surface area contributed by atoms with E-state index in [0.29, 0.717) is 0 Å². The quantitative estimate of drug-likeness (QED) is 0.564. The predicted molar refractivity (Wildman–Crippen MR) is 46.9 cm³/mol. The van der Waals surface area contributed by atoms with Gasteiger partial charge in [0.1, 0.15) is 0 Å². The monoisotopic (exact) mass is 141 g/mol. The molecule has 1 heteroatoms. The topological polar surface area (TPSA) is 26.0 Å². The zero-order valence-electron chi connectivity index (χ0n) is 6.97. The Morgan fingerprint density at radius 3 is 2.60 bits per heavy atom. The molecule has 0 aromatic rings. The van der Waals surface area contributed by atoms with Crippen LogP contribution in [0.4, 0.5) is 0 Å². The van der Waals surface area contributed by atoms with Gasteiger partial charge < -0.3 is 5.73 Å². The molecule has 0 rings (SSSR count). The average Bonchev–Trinajstić information content (AvgIpc) is 1.98. The number of rotatable bonds is 6. The summed E-state index contributed by atoms with van der Waals surface area (Å²) in [6, 6.07) is 0. The van der Waals surface area contributed by atoms with Gasteiger partial charge in [0.2, 0.25) is 0 Å². The first-order valence-electron chi connectivity index (χ1n) is 4.16. The van der Waals surface area contributed by atoms with Crippen LogP contribution in [0.2, 0.25) is 0 Å². The first-order valence-corrected chi connectivity index (χ1v) is 4.16. The van der Waals surface area contributed by atoms with Crippen LogP contribution < -0.4 is 5.73 Å². The largest absolute Gasteiger partial charge is 0.330 e. The minimum absolute atomic E-state index is 0.725. The maximum Gasteiger partial charge on any atom is -0.00488 e. The zero-order valence-corrected chi connectivity index (χ0v) is 6.97. The molecule has 1 nitrogen and oxygen atoms in total. The lowest BCUT2D eigenvalue weighted by atomic mass is 9.98. The Bertz CT molecular complexity index is 78.8. The highest BCUT2D eigenvalue weighted by atomic mass is 14.5. The maximum absolute atomic E-state index is 5.57. The number of nitrogens with two attached hydrogens (primary N) is 1. The number of hydrogen-bond donors (Lipinski definition) is 1. The minimum Gasteiger partial charge on any atom is -0.330 e. The van der Waals surface area contributed by atoms with Crippen molar-refractivity contribution >= 4 is 0 Å². The van der Waals surface area contributed by atoms with Crippen LogP contribution in [0.5, 0.6) is 0 Å². The molecule has 0 bridgehead atoms. The van der Waals surface area contributed by atoms with Crippen LogP contribution >= 0.6 is 0 Å². The summed E-state index contributed by atoms with van der Waals surface area (Å²) in [6.45, 7) is 6.73. The van der Waals surface area contributed by atoms with Gasteiger partial charge in [-0.1, -0.05) is 19.4 Å². The molecule has 0 aromatic carbocycles. The first kappa shape index (κ1) is 9.70. The highest BCUT2D eigenvalue weighted by Gasteiger charge is 2.02. The normalized spacial score (nSPS) is 13.0. The van der Waals surface area contributed by atoms with E-state index in [0.717, 1.165) is 18.9 Å². The smallest absolute Gasteiger partial charge is 0.00488 e.